The maximum Gasteiger partial charge on any atom is 0.269 e. The molecule has 160 valence electrons. The van der Waals surface area contributed by atoms with Crippen molar-refractivity contribution in [2.24, 2.45) is 0 Å². The van der Waals surface area contributed by atoms with Gasteiger partial charge in [0.15, 0.2) is 0 Å². The van der Waals surface area contributed by atoms with Gasteiger partial charge in [-0.1, -0.05) is 0 Å². The minimum Gasteiger partial charge on any atom is -0.493 e. The number of benzene rings is 1. The first kappa shape index (κ1) is 21.9. The van der Waals surface area contributed by atoms with Crippen molar-refractivity contribution in [3.05, 3.63) is 66.4 Å². The summed E-state index contributed by atoms with van der Waals surface area (Å²) in [6, 6.07) is 9.06. The number of nitrogens with zero attached hydrogens (tertiary/aromatic N) is 2. The predicted molar refractivity (Wildman–Crippen MR) is 111 cm³/mol. The number of aromatic nitrogens is 2. The Kier molecular flexibility index (Phi) is 7.20. The molecule has 2 aromatic heterocycles. The zero-order chi connectivity index (χ0) is 21.6. The number of hydrogen-bond donors (Lipinski definition) is 1. The van der Waals surface area contributed by atoms with Gasteiger partial charge in [0.1, 0.15) is 16.5 Å². The molecule has 3 aromatic rings. The van der Waals surface area contributed by atoms with Crippen molar-refractivity contribution in [3.63, 3.8) is 0 Å². The molecule has 0 unspecified atom stereocenters. The minimum absolute atomic E-state index is 0.0244. The second-order valence-corrected chi connectivity index (χ2v) is 8.40. The maximum atomic E-state index is 14.9. The lowest BCUT2D eigenvalue weighted by Gasteiger charge is -2.12. The molecule has 0 spiro atoms. The van der Waals surface area contributed by atoms with Crippen LogP contribution in [0, 0.1) is 5.82 Å². The van der Waals surface area contributed by atoms with Crippen LogP contribution in [0.3, 0.4) is 0 Å². The molecule has 0 amide bonds. The lowest BCUT2D eigenvalue weighted by Crippen LogP contribution is -2.14. The summed E-state index contributed by atoms with van der Waals surface area (Å²) in [5.74, 6) is -0.202. The zero-order valence-corrected chi connectivity index (χ0v) is 17.7. The molecule has 0 bridgehead atoms. The third-order valence-electron chi connectivity index (χ3n) is 4.39. The number of ether oxygens (including phenoxy) is 2. The molecule has 0 atom stereocenters. The standard InChI is InChI=1S/C21H24FN3O4S/c1-23-13-16-11-21(25(15-16)30(26,27)18-5-3-8-24-14-18)19-7-6-17(12-20(19)22)29-10-4-9-28-2/h3,5-8,11-12,14-15,23H,4,9-10,13H2,1-2H3. The smallest absolute Gasteiger partial charge is 0.269 e. The highest BCUT2D eigenvalue weighted by molar-refractivity contribution is 7.90. The number of methoxy groups -OCH3 is 1. The Bertz CT molecular complexity index is 1080. The second-order valence-electron chi connectivity index (χ2n) is 6.59. The van der Waals surface area contributed by atoms with Crippen molar-refractivity contribution >= 4 is 10.0 Å². The van der Waals surface area contributed by atoms with Crippen molar-refractivity contribution in [3.8, 4) is 17.0 Å². The molecular formula is C21H24FN3O4S. The number of pyridine rings is 1. The van der Waals surface area contributed by atoms with Crippen molar-refractivity contribution in [1.82, 2.24) is 14.3 Å². The van der Waals surface area contributed by atoms with Crippen molar-refractivity contribution < 1.29 is 22.3 Å². The first-order chi connectivity index (χ1) is 14.5. The van der Waals surface area contributed by atoms with Gasteiger partial charge in [-0.25, -0.2) is 16.8 Å². The van der Waals surface area contributed by atoms with Crippen molar-refractivity contribution in [2.75, 3.05) is 27.4 Å². The minimum atomic E-state index is -3.95. The van der Waals surface area contributed by atoms with Crippen LogP contribution in [0.2, 0.25) is 0 Å². The summed E-state index contributed by atoms with van der Waals surface area (Å²) in [7, 11) is -0.593. The summed E-state index contributed by atoms with van der Waals surface area (Å²) >= 11 is 0. The van der Waals surface area contributed by atoms with Gasteiger partial charge in [0, 0.05) is 56.9 Å². The molecule has 3 rings (SSSR count). The molecule has 30 heavy (non-hydrogen) atoms. The van der Waals surface area contributed by atoms with E-state index in [-0.39, 0.29) is 16.2 Å². The van der Waals surface area contributed by atoms with Crippen LogP contribution < -0.4 is 10.1 Å². The van der Waals surface area contributed by atoms with E-state index in [2.05, 4.69) is 10.3 Å². The van der Waals surface area contributed by atoms with E-state index in [9.17, 15) is 12.8 Å². The molecule has 0 aliphatic carbocycles. The van der Waals surface area contributed by atoms with E-state index in [1.54, 1.807) is 32.4 Å². The summed E-state index contributed by atoms with van der Waals surface area (Å²) in [6.45, 7) is 1.38. The Balaban J connectivity index is 1.99. The zero-order valence-electron chi connectivity index (χ0n) is 16.8. The largest absolute Gasteiger partial charge is 0.493 e. The fraction of sp³-hybridized carbons (Fsp3) is 0.286. The molecule has 0 aliphatic heterocycles. The third kappa shape index (κ3) is 4.86. The van der Waals surface area contributed by atoms with Gasteiger partial charge < -0.3 is 14.8 Å². The van der Waals surface area contributed by atoms with Crippen molar-refractivity contribution in [1.29, 1.82) is 0 Å². The molecule has 0 aliphatic rings. The van der Waals surface area contributed by atoms with Gasteiger partial charge >= 0.3 is 0 Å². The number of halogens is 1. The van der Waals surface area contributed by atoms with Crippen LogP contribution >= 0.6 is 0 Å². The molecule has 0 radical (unpaired) electrons. The molecule has 0 saturated carbocycles. The Morgan fingerprint density at radius 3 is 2.70 bits per heavy atom. The van der Waals surface area contributed by atoms with Crippen LogP contribution in [-0.4, -0.2) is 44.7 Å². The summed E-state index contributed by atoms with van der Waals surface area (Å²) in [5, 5.41) is 2.98. The topological polar surface area (TPSA) is 82.5 Å². The van der Waals surface area contributed by atoms with E-state index in [0.717, 1.165) is 3.97 Å². The fourth-order valence-electron chi connectivity index (χ4n) is 2.99. The summed E-state index contributed by atoms with van der Waals surface area (Å²) in [4.78, 5) is 3.91. The van der Waals surface area contributed by atoms with Crippen LogP contribution in [0.1, 0.15) is 12.0 Å². The molecule has 9 heteroatoms. The number of rotatable bonds is 10. The third-order valence-corrected chi connectivity index (χ3v) is 6.05. The van der Waals surface area contributed by atoms with Crippen molar-refractivity contribution in [2.45, 2.75) is 17.9 Å². The molecule has 7 nitrogen and oxygen atoms in total. The lowest BCUT2D eigenvalue weighted by atomic mass is 10.1. The SMILES string of the molecule is CNCc1cc(-c2ccc(OCCCOC)cc2F)n(S(=O)(=O)c2cccnc2)c1. The molecule has 1 N–H and O–H groups in total. The van der Waals surface area contributed by atoms with E-state index in [0.29, 0.717) is 37.5 Å². The molecule has 0 fully saturated rings. The first-order valence-corrected chi connectivity index (χ1v) is 10.8. The Morgan fingerprint density at radius 2 is 2.03 bits per heavy atom. The van der Waals surface area contributed by atoms with Crippen LogP contribution in [0.15, 0.2) is 59.9 Å². The van der Waals surface area contributed by atoms with Crippen LogP contribution in [0.5, 0.6) is 5.75 Å². The highest BCUT2D eigenvalue weighted by Gasteiger charge is 2.23. The van der Waals surface area contributed by atoms with E-state index in [4.69, 9.17) is 9.47 Å². The summed E-state index contributed by atoms with van der Waals surface area (Å²) < 4.78 is 52.9. The number of nitrogens with one attached hydrogen (secondary N) is 1. The molecular weight excluding hydrogens is 409 g/mol. The van der Waals surface area contributed by atoms with Gasteiger partial charge in [-0.05, 0) is 42.9 Å². The fourth-order valence-corrected chi connectivity index (χ4v) is 4.35. The van der Waals surface area contributed by atoms with Crippen LogP contribution in [-0.2, 0) is 21.3 Å². The quantitative estimate of drug-likeness (QED) is 0.495. The maximum absolute atomic E-state index is 14.9. The average molecular weight is 434 g/mol. The summed E-state index contributed by atoms with van der Waals surface area (Å²) in [5.41, 5.74) is 1.10. The van der Waals surface area contributed by atoms with Gasteiger partial charge in [0.25, 0.3) is 10.0 Å². The average Bonchev–Trinajstić information content (AvgIpc) is 3.17. The normalized spacial score (nSPS) is 11.6. The highest BCUT2D eigenvalue weighted by Crippen LogP contribution is 2.31. The van der Waals surface area contributed by atoms with Gasteiger partial charge in [-0.3, -0.25) is 4.98 Å². The van der Waals surface area contributed by atoms with Gasteiger partial charge in [-0.2, -0.15) is 0 Å². The predicted octanol–water partition coefficient (Wildman–Crippen LogP) is 3.06. The molecule has 0 saturated heterocycles. The lowest BCUT2D eigenvalue weighted by molar-refractivity contribution is 0.172. The monoisotopic (exact) mass is 433 g/mol. The van der Waals surface area contributed by atoms with Gasteiger partial charge in [0.05, 0.1) is 12.3 Å². The van der Waals surface area contributed by atoms with Crippen LogP contribution in [0.4, 0.5) is 4.39 Å². The van der Waals surface area contributed by atoms with E-state index in [1.165, 1.54) is 36.8 Å². The first-order valence-electron chi connectivity index (χ1n) is 9.40. The van der Waals surface area contributed by atoms with Crippen LogP contribution in [0.25, 0.3) is 11.3 Å². The van der Waals surface area contributed by atoms with Gasteiger partial charge in [-0.15, -0.1) is 0 Å². The van der Waals surface area contributed by atoms with E-state index in [1.807, 2.05) is 0 Å². The second kappa shape index (κ2) is 9.84. The Morgan fingerprint density at radius 1 is 1.20 bits per heavy atom. The Hall–Kier alpha value is -2.75. The Labute approximate surface area is 175 Å². The molecule has 2 heterocycles. The van der Waals surface area contributed by atoms with E-state index < -0.39 is 15.8 Å². The van der Waals surface area contributed by atoms with E-state index >= 15 is 0 Å². The highest BCUT2D eigenvalue weighted by atomic mass is 32.2. The summed E-state index contributed by atoms with van der Waals surface area (Å²) in [6.07, 6.45) is 4.93. The molecule has 1 aromatic carbocycles. The van der Waals surface area contributed by atoms with Gasteiger partial charge in [0.2, 0.25) is 0 Å². The number of hydrogen-bond acceptors (Lipinski definition) is 6.